The van der Waals surface area contributed by atoms with Crippen LogP contribution >= 0.6 is 11.8 Å². The number of aryl methyl sites for hydroxylation is 2. The summed E-state index contributed by atoms with van der Waals surface area (Å²) in [6.45, 7) is 4.98. The molecule has 0 aliphatic heterocycles. The molecule has 0 fully saturated rings. The third-order valence-corrected chi connectivity index (χ3v) is 6.37. The summed E-state index contributed by atoms with van der Waals surface area (Å²) < 4.78 is 2.27. The van der Waals surface area contributed by atoms with Crippen LogP contribution < -0.4 is 0 Å². The van der Waals surface area contributed by atoms with Crippen molar-refractivity contribution in [2.45, 2.75) is 38.4 Å². The van der Waals surface area contributed by atoms with Crippen molar-refractivity contribution in [1.29, 1.82) is 0 Å². The van der Waals surface area contributed by atoms with E-state index in [2.05, 4.69) is 73.0 Å². The van der Waals surface area contributed by atoms with Crippen LogP contribution in [0.1, 0.15) is 29.5 Å². The molecule has 0 unspecified atom stereocenters. The van der Waals surface area contributed by atoms with Crippen LogP contribution in [0.5, 0.6) is 0 Å². The zero-order chi connectivity index (χ0) is 20.4. The van der Waals surface area contributed by atoms with Crippen molar-refractivity contribution in [3.63, 3.8) is 0 Å². The Morgan fingerprint density at radius 2 is 1.83 bits per heavy atom. The topological polar surface area (TPSA) is 55.1 Å². The Kier molecular flexibility index (Phi) is 5.58. The summed E-state index contributed by atoms with van der Waals surface area (Å²) in [5.74, 6) is -0.00976. The minimum absolute atomic E-state index is 0.189. The molecule has 1 N–H and O–H groups in total. The van der Waals surface area contributed by atoms with E-state index in [1.165, 1.54) is 27.5 Å². The van der Waals surface area contributed by atoms with Gasteiger partial charge in [0.05, 0.1) is 17.6 Å². The van der Waals surface area contributed by atoms with E-state index >= 15 is 0 Å². The van der Waals surface area contributed by atoms with Crippen LogP contribution in [0.15, 0.2) is 59.8 Å². The molecule has 0 saturated carbocycles. The van der Waals surface area contributed by atoms with Crippen LogP contribution in [0.2, 0.25) is 0 Å². The minimum Gasteiger partial charge on any atom is -0.481 e. The molecule has 0 aliphatic carbocycles. The quantitative estimate of drug-likeness (QED) is 0.312. The number of carboxylic acid groups (broad SMARTS) is 1. The van der Waals surface area contributed by atoms with Crippen LogP contribution in [0, 0.1) is 13.8 Å². The Morgan fingerprint density at radius 1 is 1.07 bits per heavy atom. The van der Waals surface area contributed by atoms with E-state index in [0.29, 0.717) is 6.42 Å². The van der Waals surface area contributed by atoms with Gasteiger partial charge >= 0.3 is 5.97 Å². The van der Waals surface area contributed by atoms with Crippen molar-refractivity contribution in [3.05, 3.63) is 71.3 Å². The lowest BCUT2D eigenvalue weighted by Gasteiger charge is -2.12. The lowest BCUT2D eigenvalue weighted by atomic mass is 10.0. The molecular weight excluding hydrogens is 380 g/mol. The fraction of sp³-hybridized carbons (Fsp3) is 0.250. The number of carbonyl (C=O) groups is 1. The summed E-state index contributed by atoms with van der Waals surface area (Å²) in [6.07, 6.45) is 0.824. The summed E-state index contributed by atoms with van der Waals surface area (Å²) in [6, 6.07) is 19.2. The second kappa shape index (κ2) is 8.29. The first-order valence-corrected chi connectivity index (χ1v) is 10.8. The van der Waals surface area contributed by atoms with E-state index < -0.39 is 5.97 Å². The van der Waals surface area contributed by atoms with Gasteiger partial charge in [0.1, 0.15) is 0 Å². The third kappa shape index (κ3) is 4.15. The molecule has 0 amide bonds. The number of thioether (sulfide) groups is 1. The number of carboxylic acids is 1. The zero-order valence-electron chi connectivity index (χ0n) is 16.7. The van der Waals surface area contributed by atoms with Gasteiger partial charge in [-0.05, 0) is 59.9 Å². The largest absolute Gasteiger partial charge is 0.481 e. The molecule has 4 nitrogen and oxygen atoms in total. The number of aliphatic carboxylic acids is 1. The van der Waals surface area contributed by atoms with E-state index in [-0.39, 0.29) is 6.42 Å². The molecule has 29 heavy (non-hydrogen) atoms. The molecule has 0 saturated heterocycles. The van der Waals surface area contributed by atoms with Crippen molar-refractivity contribution in [2.75, 3.05) is 5.75 Å². The predicted octanol–water partition coefficient (Wildman–Crippen LogP) is 5.81. The normalized spacial score (nSPS) is 11.4. The van der Waals surface area contributed by atoms with Crippen LogP contribution in [0.4, 0.5) is 0 Å². The van der Waals surface area contributed by atoms with Gasteiger partial charge in [0, 0.05) is 12.2 Å². The van der Waals surface area contributed by atoms with Crippen molar-refractivity contribution in [3.8, 4) is 0 Å². The van der Waals surface area contributed by atoms with Crippen molar-refractivity contribution < 1.29 is 9.90 Å². The zero-order valence-corrected chi connectivity index (χ0v) is 17.5. The third-order valence-electron chi connectivity index (χ3n) is 5.30. The molecule has 0 atom stereocenters. The van der Waals surface area contributed by atoms with Crippen LogP contribution in [-0.2, 0) is 11.3 Å². The Labute approximate surface area is 174 Å². The van der Waals surface area contributed by atoms with Crippen LogP contribution in [-0.4, -0.2) is 26.4 Å². The van der Waals surface area contributed by atoms with Gasteiger partial charge in [0.2, 0.25) is 0 Å². The Morgan fingerprint density at radius 3 is 2.66 bits per heavy atom. The van der Waals surface area contributed by atoms with Gasteiger partial charge in [-0.2, -0.15) is 0 Å². The average Bonchev–Trinajstić information content (AvgIpc) is 3.02. The van der Waals surface area contributed by atoms with Gasteiger partial charge < -0.3 is 9.67 Å². The maximum Gasteiger partial charge on any atom is 0.303 e. The number of imidazole rings is 1. The first-order valence-electron chi connectivity index (χ1n) is 9.81. The highest BCUT2D eigenvalue weighted by atomic mass is 32.2. The second-order valence-corrected chi connectivity index (χ2v) is 8.45. The molecule has 1 aromatic heterocycles. The smallest absolute Gasteiger partial charge is 0.303 e. The van der Waals surface area contributed by atoms with Gasteiger partial charge in [0.25, 0.3) is 0 Å². The molecule has 148 valence electrons. The van der Waals surface area contributed by atoms with Gasteiger partial charge in [0.15, 0.2) is 5.16 Å². The molecule has 0 radical (unpaired) electrons. The molecule has 3 aromatic carbocycles. The lowest BCUT2D eigenvalue weighted by Crippen LogP contribution is -2.03. The van der Waals surface area contributed by atoms with Gasteiger partial charge in [-0.25, -0.2) is 4.98 Å². The SMILES string of the molecule is Cc1cc2nc(SCCCC(=O)O)n(Cc3cccc4ccccc34)c2cc1C. The summed E-state index contributed by atoms with van der Waals surface area (Å²) in [5.41, 5.74) is 5.86. The number of hydrogen-bond donors (Lipinski definition) is 1. The van der Waals surface area contributed by atoms with Gasteiger partial charge in [-0.3, -0.25) is 4.79 Å². The Balaban J connectivity index is 1.75. The molecule has 0 aliphatic rings. The Bertz CT molecular complexity index is 1190. The highest BCUT2D eigenvalue weighted by Crippen LogP contribution is 2.29. The van der Waals surface area contributed by atoms with Gasteiger partial charge in [-0.15, -0.1) is 0 Å². The van der Waals surface area contributed by atoms with Crippen molar-refractivity contribution in [1.82, 2.24) is 9.55 Å². The highest BCUT2D eigenvalue weighted by molar-refractivity contribution is 7.99. The molecule has 5 heteroatoms. The number of nitrogens with zero attached hydrogens (tertiary/aromatic N) is 2. The molecule has 0 bridgehead atoms. The molecular formula is C24H24N2O2S. The van der Waals surface area contributed by atoms with Crippen molar-refractivity contribution >= 4 is 39.5 Å². The maximum atomic E-state index is 10.8. The first-order chi connectivity index (χ1) is 14.0. The average molecular weight is 405 g/mol. The summed E-state index contributed by atoms with van der Waals surface area (Å²) in [7, 11) is 0. The van der Waals surface area contributed by atoms with E-state index in [1.807, 2.05) is 0 Å². The number of aromatic nitrogens is 2. The number of benzene rings is 3. The molecule has 4 rings (SSSR count). The van der Waals surface area contributed by atoms with E-state index in [1.54, 1.807) is 11.8 Å². The minimum atomic E-state index is -0.749. The van der Waals surface area contributed by atoms with E-state index in [4.69, 9.17) is 10.1 Å². The monoisotopic (exact) mass is 404 g/mol. The molecule has 4 aromatic rings. The molecule has 0 spiro atoms. The van der Waals surface area contributed by atoms with Gasteiger partial charge in [-0.1, -0.05) is 54.2 Å². The fourth-order valence-corrected chi connectivity index (χ4v) is 4.56. The van der Waals surface area contributed by atoms with E-state index in [9.17, 15) is 4.79 Å². The summed E-state index contributed by atoms with van der Waals surface area (Å²) >= 11 is 1.64. The standard InChI is InChI=1S/C24H24N2O2S/c1-16-13-21-22(14-17(16)2)26(24(25-21)29-12-6-11-23(27)28)15-19-9-5-8-18-7-3-4-10-20(18)19/h3-5,7-10,13-14H,6,11-12,15H2,1-2H3,(H,27,28). The van der Waals surface area contributed by atoms with Crippen molar-refractivity contribution in [2.24, 2.45) is 0 Å². The lowest BCUT2D eigenvalue weighted by molar-refractivity contribution is -0.137. The van der Waals surface area contributed by atoms with Crippen LogP contribution in [0.3, 0.4) is 0 Å². The summed E-state index contributed by atoms with van der Waals surface area (Å²) in [5, 5.41) is 12.3. The van der Waals surface area contributed by atoms with Crippen LogP contribution in [0.25, 0.3) is 21.8 Å². The van der Waals surface area contributed by atoms with E-state index in [0.717, 1.165) is 28.5 Å². The second-order valence-electron chi connectivity index (χ2n) is 7.39. The number of hydrogen-bond acceptors (Lipinski definition) is 3. The highest BCUT2D eigenvalue weighted by Gasteiger charge is 2.14. The number of fused-ring (bicyclic) bond motifs is 2. The maximum absolute atomic E-state index is 10.8. The first kappa shape index (κ1) is 19.5. The fourth-order valence-electron chi connectivity index (χ4n) is 3.61. The number of rotatable bonds is 7. The Hall–Kier alpha value is -2.79. The summed E-state index contributed by atoms with van der Waals surface area (Å²) in [4.78, 5) is 15.7. The predicted molar refractivity (Wildman–Crippen MR) is 120 cm³/mol. The molecule has 1 heterocycles.